The van der Waals surface area contributed by atoms with E-state index in [0.717, 1.165) is 12.5 Å². The van der Waals surface area contributed by atoms with Crippen LogP contribution in [-0.4, -0.2) is 61.7 Å². The molecule has 0 N–H and O–H groups in total. The van der Waals surface area contributed by atoms with Gasteiger partial charge in [0.1, 0.15) is 31.1 Å². The zero-order valence-corrected chi connectivity index (χ0v) is 12.6. The molecule has 0 spiro atoms. The second kappa shape index (κ2) is 6.56. The SMILES string of the molecule is O=C(Cn1cc([N+](=O)[O-])cn1)N1CCN(c2cc(F)ncn2)CC1. The second-order valence-corrected chi connectivity index (χ2v) is 5.22. The Morgan fingerprint density at radius 2 is 2.04 bits per heavy atom. The molecule has 11 heteroatoms. The third-order valence-electron chi connectivity index (χ3n) is 3.70. The first-order chi connectivity index (χ1) is 11.5. The number of amides is 1. The molecule has 2 aromatic heterocycles. The highest BCUT2D eigenvalue weighted by atomic mass is 19.1. The molecule has 1 amide bonds. The van der Waals surface area contributed by atoms with Crippen molar-refractivity contribution in [2.75, 3.05) is 31.1 Å². The molecule has 1 saturated heterocycles. The first-order valence-electron chi connectivity index (χ1n) is 7.20. The van der Waals surface area contributed by atoms with Crippen LogP contribution in [-0.2, 0) is 11.3 Å². The molecule has 3 rings (SSSR count). The highest BCUT2D eigenvalue weighted by Crippen LogP contribution is 2.14. The Morgan fingerprint density at radius 3 is 2.67 bits per heavy atom. The smallest absolute Gasteiger partial charge is 0.307 e. The number of hydrogen-bond donors (Lipinski definition) is 0. The van der Waals surface area contributed by atoms with Gasteiger partial charge in [-0.2, -0.15) is 9.49 Å². The number of carbonyl (C=O) groups is 1. The minimum Gasteiger partial charge on any atom is -0.353 e. The van der Waals surface area contributed by atoms with Gasteiger partial charge in [0.05, 0.1) is 4.92 Å². The van der Waals surface area contributed by atoms with Crippen LogP contribution in [0.1, 0.15) is 0 Å². The summed E-state index contributed by atoms with van der Waals surface area (Å²) in [6.07, 6.45) is 3.49. The summed E-state index contributed by atoms with van der Waals surface area (Å²) in [6, 6.07) is 1.25. The van der Waals surface area contributed by atoms with Gasteiger partial charge in [0.15, 0.2) is 0 Å². The predicted molar refractivity (Wildman–Crippen MR) is 79.7 cm³/mol. The summed E-state index contributed by atoms with van der Waals surface area (Å²) in [5.74, 6) is -0.294. The standard InChI is InChI=1S/C13H14FN7O3/c14-11-5-12(16-9-15-11)18-1-3-19(4-2-18)13(22)8-20-7-10(6-17-20)21(23)24/h5-7,9H,1-4,8H2. The van der Waals surface area contributed by atoms with Gasteiger partial charge in [0, 0.05) is 32.2 Å². The third-order valence-corrected chi connectivity index (χ3v) is 3.70. The van der Waals surface area contributed by atoms with Crippen molar-refractivity contribution in [2.45, 2.75) is 6.54 Å². The number of nitrogens with zero attached hydrogens (tertiary/aromatic N) is 7. The Hall–Kier alpha value is -3.11. The normalized spacial score (nSPS) is 14.7. The summed E-state index contributed by atoms with van der Waals surface area (Å²) in [4.78, 5) is 33.2. The van der Waals surface area contributed by atoms with E-state index in [0.29, 0.717) is 32.0 Å². The van der Waals surface area contributed by atoms with Crippen molar-refractivity contribution in [2.24, 2.45) is 0 Å². The molecule has 1 fully saturated rings. The maximum absolute atomic E-state index is 13.1. The molecule has 0 bridgehead atoms. The van der Waals surface area contributed by atoms with Crippen LogP contribution < -0.4 is 4.90 Å². The maximum atomic E-state index is 13.1. The van der Waals surface area contributed by atoms with Crippen LogP contribution in [0.5, 0.6) is 0 Å². The van der Waals surface area contributed by atoms with Crippen molar-refractivity contribution in [3.63, 3.8) is 0 Å². The molecule has 1 aliphatic heterocycles. The number of hydrogen-bond acceptors (Lipinski definition) is 7. The quantitative estimate of drug-likeness (QED) is 0.441. The van der Waals surface area contributed by atoms with Crippen molar-refractivity contribution >= 4 is 17.4 Å². The molecule has 126 valence electrons. The average molecular weight is 335 g/mol. The van der Waals surface area contributed by atoms with Crippen LogP contribution in [0.25, 0.3) is 0 Å². The van der Waals surface area contributed by atoms with Crippen molar-refractivity contribution < 1.29 is 14.1 Å². The number of carbonyl (C=O) groups excluding carboxylic acids is 1. The van der Waals surface area contributed by atoms with Gasteiger partial charge >= 0.3 is 5.69 Å². The topological polar surface area (TPSA) is 110 Å². The van der Waals surface area contributed by atoms with Crippen molar-refractivity contribution in [1.29, 1.82) is 0 Å². The summed E-state index contributed by atoms with van der Waals surface area (Å²) in [6.45, 7) is 1.88. The molecular formula is C13H14FN7O3. The lowest BCUT2D eigenvalue weighted by Gasteiger charge is -2.35. The van der Waals surface area contributed by atoms with Crippen LogP contribution in [0.2, 0.25) is 0 Å². The van der Waals surface area contributed by atoms with E-state index in [4.69, 9.17) is 0 Å². The molecule has 0 atom stereocenters. The fourth-order valence-corrected chi connectivity index (χ4v) is 2.45. The minimum absolute atomic E-state index is 0.0595. The van der Waals surface area contributed by atoms with E-state index in [2.05, 4.69) is 15.1 Å². The van der Waals surface area contributed by atoms with E-state index >= 15 is 0 Å². The lowest BCUT2D eigenvalue weighted by molar-refractivity contribution is -0.385. The number of halogens is 1. The molecule has 3 heterocycles. The summed E-state index contributed by atoms with van der Waals surface area (Å²) in [7, 11) is 0. The molecule has 0 radical (unpaired) electrons. The van der Waals surface area contributed by atoms with E-state index in [-0.39, 0.29) is 18.1 Å². The van der Waals surface area contributed by atoms with Gasteiger partial charge in [0.25, 0.3) is 0 Å². The van der Waals surface area contributed by atoms with Gasteiger partial charge in [-0.15, -0.1) is 0 Å². The number of anilines is 1. The van der Waals surface area contributed by atoms with Crippen LogP contribution in [0.3, 0.4) is 0 Å². The Bertz CT molecular complexity index is 758. The van der Waals surface area contributed by atoms with Crippen LogP contribution in [0, 0.1) is 16.1 Å². The zero-order valence-electron chi connectivity index (χ0n) is 12.6. The van der Waals surface area contributed by atoms with Gasteiger partial charge in [0.2, 0.25) is 11.9 Å². The lowest BCUT2D eigenvalue weighted by Crippen LogP contribution is -2.49. The number of piperazine rings is 1. The van der Waals surface area contributed by atoms with E-state index in [1.54, 1.807) is 4.90 Å². The summed E-state index contributed by atoms with van der Waals surface area (Å²) in [5, 5.41) is 14.4. The van der Waals surface area contributed by atoms with Gasteiger partial charge in [-0.1, -0.05) is 0 Å². The molecule has 2 aromatic rings. The van der Waals surface area contributed by atoms with E-state index in [1.807, 2.05) is 4.90 Å². The molecular weight excluding hydrogens is 321 g/mol. The van der Waals surface area contributed by atoms with Crippen molar-refractivity contribution in [3.05, 3.63) is 40.8 Å². The van der Waals surface area contributed by atoms with Gasteiger partial charge in [-0.25, -0.2) is 9.97 Å². The number of nitro groups is 1. The van der Waals surface area contributed by atoms with Gasteiger partial charge < -0.3 is 9.80 Å². The minimum atomic E-state index is -0.598. The first-order valence-corrected chi connectivity index (χ1v) is 7.20. The Labute approximate surface area is 135 Å². The second-order valence-electron chi connectivity index (χ2n) is 5.22. The highest BCUT2D eigenvalue weighted by molar-refractivity contribution is 5.76. The Kier molecular flexibility index (Phi) is 4.31. The fraction of sp³-hybridized carbons (Fsp3) is 0.385. The fourth-order valence-electron chi connectivity index (χ4n) is 2.45. The monoisotopic (exact) mass is 335 g/mol. The molecule has 0 aromatic carbocycles. The van der Waals surface area contributed by atoms with Gasteiger partial charge in [-0.3, -0.25) is 19.6 Å². The highest BCUT2D eigenvalue weighted by Gasteiger charge is 2.23. The van der Waals surface area contributed by atoms with Crippen molar-refractivity contribution in [3.8, 4) is 0 Å². The Balaban J connectivity index is 1.55. The van der Waals surface area contributed by atoms with E-state index < -0.39 is 10.9 Å². The Morgan fingerprint density at radius 1 is 1.29 bits per heavy atom. The third kappa shape index (κ3) is 3.45. The predicted octanol–water partition coefficient (Wildman–Crippen LogP) is 0.0692. The molecule has 0 unspecified atom stereocenters. The van der Waals surface area contributed by atoms with Crippen molar-refractivity contribution in [1.82, 2.24) is 24.6 Å². The number of aromatic nitrogens is 4. The van der Waals surface area contributed by atoms with Crippen LogP contribution in [0.4, 0.5) is 15.9 Å². The van der Waals surface area contributed by atoms with E-state index in [9.17, 15) is 19.3 Å². The first kappa shape index (κ1) is 15.8. The summed E-state index contributed by atoms with van der Waals surface area (Å²) < 4.78 is 14.4. The molecule has 10 nitrogen and oxygen atoms in total. The summed E-state index contributed by atoms with van der Waals surface area (Å²) in [5.41, 5.74) is -0.154. The van der Waals surface area contributed by atoms with E-state index in [1.165, 1.54) is 16.9 Å². The molecule has 0 saturated carbocycles. The van der Waals surface area contributed by atoms with Crippen LogP contribution in [0.15, 0.2) is 24.8 Å². The molecule has 0 aliphatic carbocycles. The molecule has 1 aliphatic rings. The maximum Gasteiger partial charge on any atom is 0.307 e. The summed E-state index contributed by atoms with van der Waals surface area (Å²) >= 11 is 0. The zero-order chi connectivity index (χ0) is 17.1. The lowest BCUT2D eigenvalue weighted by atomic mass is 10.3. The van der Waals surface area contributed by atoms with Gasteiger partial charge in [-0.05, 0) is 0 Å². The average Bonchev–Trinajstić information content (AvgIpc) is 3.04. The molecule has 24 heavy (non-hydrogen) atoms. The van der Waals surface area contributed by atoms with Crippen LogP contribution >= 0.6 is 0 Å². The largest absolute Gasteiger partial charge is 0.353 e. The number of rotatable bonds is 4.